The first-order chi connectivity index (χ1) is 8.58. The van der Waals surface area contributed by atoms with Gasteiger partial charge in [0.25, 0.3) is 0 Å². The summed E-state index contributed by atoms with van der Waals surface area (Å²) in [7, 11) is 0. The topological polar surface area (TPSA) is 0 Å². The van der Waals surface area contributed by atoms with E-state index in [1.165, 1.54) is 12.1 Å². The van der Waals surface area contributed by atoms with Crippen molar-refractivity contribution in [2.24, 2.45) is 0 Å². The predicted molar refractivity (Wildman–Crippen MR) is 78.3 cm³/mol. The SMILES string of the molecule is Fc1ccc(C(=C(Cl)Cl)c2ccc(Br)cc2)cc1. The van der Waals surface area contributed by atoms with Crippen molar-refractivity contribution in [3.05, 3.63) is 74.4 Å². The average Bonchev–Trinajstić information content (AvgIpc) is 2.34. The predicted octanol–water partition coefficient (Wildman–Crippen LogP) is 5.78. The zero-order valence-corrected chi connectivity index (χ0v) is 12.2. The van der Waals surface area contributed by atoms with Crippen molar-refractivity contribution in [3.8, 4) is 0 Å². The first-order valence-corrected chi connectivity index (χ1v) is 6.70. The van der Waals surface area contributed by atoms with Crippen molar-refractivity contribution >= 4 is 44.7 Å². The largest absolute Gasteiger partial charge is 0.207 e. The van der Waals surface area contributed by atoms with Gasteiger partial charge in [0.2, 0.25) is 0 Å². The molecule has 18 heavy (non-hydrogen) atoms. The molecule has 0 atom stereocenters. The summed E-state index contributed by atoms with van der Waals surface area (Å²) >= 11 is 15.2. The van der Waals surface area contributed by atoms with E-state index in [-0.39, 0.29) is 10.3 Å². The van der Waals surface area contributed by atoms with Crippen LogP contribution in [0.15, 0.2) is 57.5 Å². The van der Waals surface area contributed by atoms with Gasteiger partial charge in [-0.05, 0) is 35.4 Å². The maximum Gasteiger partial charge on any atom is 0.123 e. The summed E-state index contributed by atoms with van der Waals surface area (Å²) in [6, 6.07) is 13.6. The molecule has 4 heteroatoms. The fourth-order valence-electron chi connectivity index (χ4n) is 1.62. The van der Waals surface area contributed by atoms with Gasteiger partial charge in [0.05, 0.1) is 0 Å². The number of rotatable bonds is 2. The number of halogens is 4. The normalized spacial score (nSPS) is 10.2. The van der Waals surface area contributed by atoms with E-state index in [2.05, 4.69) is 15.9 Å². The van der Waals surface area contributed by atoms with Crippen LogP contribution in [-0.4, -0.2) is 0 Å². The molecule has 2 rings (SSSR count). The van der Waals surface area contributed by atoms with E-state index in [0.717, 1.165) is 15.6 Å². The van der Waals surface area contributed by atoms with Crippen molar-refractivity contribution in [2.45, 2.75) is 0 Å². The highest BCUT2D eigenvalue weighted by molar-refractivity contribution is 9.10. The molecule has 0 aliphatic heterocycles. The minimum Gasteiger partial charge on any atom is -0.207 e. The standard InChI is InChI=1S/C14H8BrCl2F/c15-11-5-1-9(2-6-11)13(14(16)17)10-3-7-12(18)8-4-10/h1-8H. The van der Waals surface area contributed by atoms with Crippen molar-refractivity contribution in [1.29, 1.82) is 0 Å². The third-order valence-corrected chi connectivity index (χ3v) is 3.36. The highest BCUT2D eigenvalue weighted by atomic mass is 79.9. The van der Waals surface area contributed by atoms with Gasteiger partial charge in [-0.1, -0.05) is 63.4 Å². The summed E-state index contributed by atoms with van der Waals surface area (Å²) in [6.07, 6.45) is 0. The minimum absolute atomic E-state index is 0.156. The van der Waals surface area contributed by atoms with Crippen LogP contribution in [0.25, 0.3) is 5.57 Å². The van der Waals surface area contributed by atoms with Gasteiger partial charge in [-0.15, -0.1) is 0 Å². The molecule has 0 fully saturated rings. The molecule has 0 aromatic heterocycles. The number of hydrogen-bond donors (Lipinski definition) is 0. The van der Waals surface area contributed by atoms with E-state index in [9.17, 15) is 4.39 Å². The molecule has 2 aromatic carbocycles. The fourth-order valence-corrected chi connectivity index (χ4v) is 2.32. The van der Waals surface area contributed by atoms with E-state index in [1.54, 1.807) is 12.1 Å². The zero-order valence-electron chi connectivity index (χ0n) is 9.13. The van der Waals surface area contributed by atoms with E-state index in [4.69, 9.17) is 23.2 Å². The molecule has 0 amide bonds. The van der Waals surface area contributed by atoms with Crippen LogP contribution in [0.4, 0.5) is 4.39 Å². The van der Waals surface area contributed by atoms with Gasteiger partial charge < -0.3 is 0 Å². The summed E-state index contributed by atoms with van der Waals surface area (Å²) in [5.41, 5.74) is 2.34. The Morgan fingerprint density at radius 1 is 0.833 bits per heavy atom. The molecule has 0 unspecified atom stereocenters. The Balaban J connectivity index is 2.51. The summed E-state index contributed by atoms with van der Waals surface area (Å²) in [5.74, 6) is -0.292. The molecule has 0 spiro atoms. The lowest BCUT2D eigenvalue weighted by atomic mass is 10.00. The first kappa shape index (κ1) is 13.6. The Labute approximate surface area is 123 Å². The minimum atomic E-state index is -0.292. The molecule has 0 aliphatic rings. The van der Waals surface area contributed by atoms with Crippen LogP contribution >= 0.6 is 39.1 Å². The highest BCUT2D eigenvalue weighted by Gasteiger charge is 2.09. The molecule has 0 bridgehead atoms. The van der Waals surface area contributed by atoms with Crippen molar-refractivity contribution in [3.63, 3.8) is 0 Å². The fraction of sp³-hybridized carbons (Fsp3) is 0. The lowest BCUT2D eigenvalue weighted by Gasteiger charge is -2.09. The second kappa shape index (κ2) is 5.87. The molecular weight excluding hydrogens is 338 g/mol. The Morgan fingerprint density at radius 2 is 1.28 bits per heavy atom. The van der Waals surface area contributed by atoms with Gasteiger partial charge in [0.15, 0.2) is 0 Å². The molecule has 0 radical (unpaired) electrons. The molecule has 0 N–H and O–H groups in total. The van der Waals surface area contributed by atoms with Crippen LogP contribution < -0.4 is 0 Å². The van der Waals surface area contributed by atoms with Crippen molar-refractivity contribution in [1.82, 2.24) is 0 Å². The maximum atomic E-state index is 12.9. The Kier molecular flexibility index (Phi) is 4.44. The van der Waals surface area contributed by atoms with Gasteiger partial charge in [-0.3, -0.25) is 0 Å². The molecule has 0 aliphatic carbocycles. The first-order valence-electron chi connectivity index (χ1n) is 5.15. The van der Waals surface area contributed by atoms with Crippen LogP contribution in [0.5, 0.6) is 0 Å². The lowest BCUT2D eigenvalue weighted by Crippen LogP contribution is -1.89. The molecule has 0 nitrogen and oxygen atoms in total. The van der Waals surface area contributed by atoms with Gasteiger partial charge in [-0.2, -0.15) is 0 Å². The van der Waals surface area contributed by atoms with Gasteiger partial charge in [-0.25, -0.2) is 4.39 Å². The van der Waals surface area contributed by atoms with Crippen LogP contribution in [0.2, 0.25) is 0 Å². The molecule has 0 saturated heterocycles. The summed E-state index contributed by atoms with van der Waals surface area (Å²) in [5, 5.41) is 0. The Morgan fingerprint density at radius 3 is 1.72 bits per heavy atom. The third-order valence-electron chi connectivity index (χ3n) is 2.45. The quantitative estimate of drug-likeness (QED) is 0.646. The maximum absolute atomic E-state index is 12.9. The van der Waals surface area contributed by atoms with Crippen molar-refractivity contribution < 1.29 is 4.39 Å². The number of benzene rings is 2. The highest BCUT2D eigenvalue weighted by Crippen LogP contribution is 2.31. The van der Waals surface area contributed by atoms with E-state index in [0.29, 0.717) is 5.57 Å². The third kappa shape index (κ3) is 3.14. The summed E-state index contributed by atoms with van der Waals surface area (Å²) < 4.78 is 14.0. The molecule has 92 valence electrons. The Bertz CT molecular complexity index is 522. The van der Waals surface area contributed by atoms with E-state index >= 15 is 0 Å². The summed E-state index contributed by atoms with van der Waals surface area (Å²) in [6.45, 7) is 0. The second-order valence-corrected chi connectivity index (χ2v) is 5.51. The van der Waals surface area contributed by atoms with Crippen LogP contribution in [0.3, 0.4) is 0 Å². The van der Waals surface area contributed by atoms with E-state index < -0.39 is 0 Å². The number of hydrogen-bond acceptors (Lipinski definition) is 0. The Hall–Kier alpha value is -0.830. The van der Waals surface area contributed by atoms with E-state index in [1.807, 2.05) is 24.3 Å². The molecule has 0 heterocycles. The smallest absolute Gasteiger partial charge is 0.123 e. The van der Waals surface area contributed by atoms with Gasteiger partial charge in [0.1, 0.15) is 10.3 Å². The second-order valence-electron chi connectivity index (χ2n) is 3.65. The molecular formula is C14H8BrCl2F. The lowest BCUT2D eigenvalue weighted by molar-refractivity contribution is 0.627. The van der Waals surface area contributed by atoms with Gasteiger partial charge in [0, 0.05) is 10.0 Å². The van der Waals surface area contributed by atoms with Gasteiger partial charge >= 0.3 is 0 Å². The molecule has 0 saturated carbocycles. The molecule has 2 aromatic rings. The van der Waals surface area contributed by atoms with Crippen molar-refractivity contribution in [2.75, 3.05) is 0 Å². The van der Waals surface area contributed by atoms with Crippen LogP contribution in [-0.2, 0) is 0 Å². The summed E-state index contributed by atoms with van der Waals surface area (Å²) in [4.78, 5) is 0. The zero-order chi connectivity index (χ0) is 13.1. The average molecular weight is 346 g/mol. The monoisotopic (exact) mass is 344 g/mol. The van der Waals surface area contributed by atoms with Crippen LogP contribution in [0.1, 0.15) is 11.1 Å². The van der Waals surface area contributed by atoms with Crippen LogP contribution in [0, 0.1) is 5.82 Å².